The predicted octanol–water partition coefficient (Wildman–Crippen LogP) is 4.34. The van der Waals surface area contributed by atoms with Crippen LogP contribution in [0.2, 0.25) is 0 Å². The molecule has 1 aliphatic rings. The third-order valence-electron chi connectivity index (χ3n) is 6.00. The lowest BCUT2D eigenvalue weighted by molar-refractivity contribution is -0.122. The van der Waals surface area contributed by atoms with Gasteiger partial charge in [-0.1, -0.05) is 31.4 Å². The molecule has 0 unspecified atom stereocenters. The number of methoxy groups -OCH3 is 2. The Balaban J connectivity index is 1.96. The largest absolute Gasteiger partial charge is 0.497 e. The predicted molar refractivity (Wildman–Crippen MR) is 128 cm³/mol. The van der Waals surface area contributed by atoms with Gasteiger partial charge in [-0.2, -0.15) is 0 Å². The molecule has 0 aromatic heterocycles. The van der Waals surface area contributed by atoms with Gasteiger partial charge in [-0.15, -0.1) is 0 Å². The summed E-state index contributed by atoms with van der Waals surface area (Å²) in [7, 11) is 3.17. The summed E-state index contributed by atoms with van der Waals surface area (Å²) >= 11 is 0. The summed E-state index contributed by atoms with van der Waals surface area (Å²) in [6.07, 6.45) is 5.31. The van der Waals surface area contributed by atoms with E-state index in [4.69, 9.17) is 9.47 Å². The summed E-state index contributed by atoms with van der Waals surface area (Å²) in [5, 5.41) is 9.58. The first-order valence-corrected chi connectivity index (χ1v) is 11.5. The van der Waals surface area contributed by atoms with Crippen molar-refractivity contribution >= 4 is 17.6 Å². The van der Waals surface area contributed by atoms with Crippen LogP contribution in [0.3, 0.4) is 0 Å². The average Bonchev–Trinajstić information content (AvgIpc) is 2.80. The van der Waals surface area contributed by atoms with Gasteiger partial charge in [0.15, 0.2) is 0 Å². The molecule has 178 valence electrons. The number of amides is 1. The number of carboxylic acids is 1. The lowest BCUT2D eigenvalue weighted by atomic mass is 10.0. The molecule has 0 atom stereocenters. The Kier molecular flexibility index (Phi) is 9.27. The molecule has 0 spiro atoms. The molecule has 1 N–H and O–H groups in total. The van der Waals surface area contributed by atoms with Gasteiger partial charge in [0.2, 0.25) is 0 Å². The van der Waals surface area contributed by atoms with Gasteiger partial charge in [0.1, 0.15) is 12.4 Å². The fourth-order valence-corrected chi connectivity index (χ4v) is 4.27. The molecule has 0 radical (unpaired) electrons. The van der Waals surface area contributed by atoms with E-state index in [0.717, 1.165) is 67.8 Å². The zero-order chi connectivity index (χ0) is 23.6. The summed E-state index contributed by atoms with van der Waals surface area (Å²) in [4.78, 5) is 28.7. The Hall–Kier alpha value is -2.90. The molecule has 0 bridgehead atoms. The highest BCUT2D eigenvalue weighted by atomic mass is 16.5. The number of carbonyl (C=O) groups is 2. The average molecular weight is 455 g/mol. The third-order valence-corrected chi connectivity index (χ3v) is 6.00. The molecule has 1 heterocycles. The minimum atomic E-state index is -0.972. The van der Waals surface area contributed by atoms with Crippen LogP contribution in [0.15, 0.2) is 42.5 Å². The van der Waals surface area contributed by atoms with Gasteiger partial charge in [-0.05, 0) is 60.8 Å². The molecular weight excluding hydrogens is 420 g/mol. The monoisotopic (exact) mass is 454 g/mol. The Morgan fingerprint density at radius 2 is 1.64 bits per heavy atom. The first-order chi connectivity index (χ1) is 16.0. The second kappa shape index (κ2) is 12.4. The van der Waals surface area contributed by atoms with Crippen LogP contribution in [0.4, 0.5) is 5.69 Å². The Labute approximate surface area is 195 Å². The Morgan fingerprint density at radius 1 is 0.939 bits per heavy atom. The van der Waals surface area contributed by atoms with Crippen LogP contribution in [0.5, 0.6) is 5.75 Å². The van der Waals surface area contributed by atoms with Crippen molar-refractivity contribution in [3.63, 3.8) is 0 Å². The molecule has 7 heteroatoms. The van der Waals surface area contributed by atoms with E-state index in [2.05, 4.69) is 17.0 Å². The molecule has 1 amide bonds. The minimum Gasteiger partial charge on any atom is -0.497 e. The maximum atomic E-state index is 12.9. The number of aromatic carboxylic acids is 1. The highest BCUT2D eigenvalue weighted by Crippen LogP contribution is 2.27. The first kappa shape index (κ1) is 24.7. The van der Waals surface area contributed by atoms with Crippen molar-refractivity contribution in [1.29, 1.82) is 0 Å². The molecule has 3 rings (SSSR count). The van der Waals surface area contributed by atoms with E-state index in [-0.39, 0.29) is 18.1 Å². The summed E-state index contributed by atoms with van der Waals surface area (Å²) in [5.41, 5.74) is 2.99. The molecule has 0 fully saturated rings. The number of anilines is 1. The third kappa shape index (κ3) is 7.04. The molecule has 2 aromatic rings. The van der Waals surface area contributed by atoms with Crippen molar-refractivity contribution in [3.8, 4) is 5.75 Å². The molecule has 1 aliphatic heterocycles. The topological polar surface area (TPSA) is 79.3 Å². The van der Waals surface area contributed by atoms with E-state index in [1.54, 1.807) is 30.2 Å². The maximum Gasteiger partial charge on any atom is 0.335 e. The van der Waals surface area contributed by atoms with E-state index < -0.39 is 5.97 Å². The van der Waals surface area contributed by atoms with Crippen LogP contribution in [0.1, 0.15) is 53.6 Å². The molecule has 33 heavy (non-hydrogen) atoms. The second-order valence-corrected chi connectivity index (χ2v) is 8.45. The van der Waals surface area contributed by atoms with Gasteiger partial charge in [0.25, 0.3) is 5.91 Å². The van der Waals surface area contributed by atoms with E-state index in [1.807, 2.05) is 12.1 Å². The van der Waals surface area contributed by atoms with E-state index in [0.29, 0.717) is 13.1 Å². The number of hydrogen-bond acceptors (Lipinski definition) is 5. The minimum absolute atomic E-state index is 0.00428. The van der Waals surface area contributed by atoms with Gasteiger partial charge < -0.3 is 19.5 Å². The number of carbonyl (C=O) groups excluding carboxylic acids is 1. The Bertz CT molecular complexity index is 929. The summed E-state index contributed by atoms with van der Waals surface area (Å²) in [5.74, 6) is -0.267. The quantitative estimate of drug-likeness (QED) is 0.700. The standard InChI is InChI=1S/C26H34N2O5/c1-32-19-25(29)28-15-7-5-3-4-6-14-27(17-20-8-11-23(33-2)12-9-20)18-22-16-21(26(30)31)10-13-24(22)28/h8-13,16H,3-7,14-15,17-19H2,1-2H3,(H,30,31). The number of nitrogens with zero attached hydrogens (tertiary/aromatic N) is 2. The number of carboxylic acid groups (broad SMARTS) is 1. The number of benzene rings is 2. The van der Waals surface area contributed by atoms with E-state index >= 15 is 0 Å². The van der Waals surface area contributed by atoms with Crippen LogP contribution < -0.4 is 9.64 Å². The molecule has 7 nitrogen and oxygen atoms in total. The van der Waals surface area contributed by atoms with Gasteiger partial charge in [-0.3, -0.25) is 9.69 Å². The zero-order valence-corrected chi connectivity index (χ0v) is 19.6. The van der Waals surface area contributed by atoms with Crippen LogP contribution in [-0.4, -0.2) is 55.8 Å². The van der Waals surface area contributed by atoms with Crippen LogP contribution >= 0.6 is 0 Å². The fourth-order valence-electron chi connectivity index (χ4n) is 4.27. The number of fused-ring (bicyclic) bond motifs is 1. The molecule has 0 saturated heterocycles. The molecule has 2 aromatic carbocycles. The molecule has 0 saturated carbocycles. The number of rotatable bonds is 6. The highest BCUT2D eigenvalue weighted by Gasteiger charge is 2.22. The van der Waals surface area contributed by atoms with E-state index in [9.17, 15) is 14.7 Å². The van der Waals surface area contributed by atoms with Gasteiger partial charge in [-0.25, -0.2) is 4.79 Å². The fraction of sp³-hybridized carbons (Fsp3) is 0.462. The molecular formula is C26H34N2O5. The lowest BCUT2D eigenvalue weighted by Crippen LogP contribution is -2.36. The van der Waals surface area contributed by atoms with Crippen molar-refractivity contribution < 1.29 is 24.2 Å². The van der Waals surface area contributed by atoms with Gasteiger partial charge in [0, 0.05) is 32.4 Å². The van der Waals surface area contributed by atoms with Crippen LogP contribution in [0.25, 0.3) is 0 Å². The van der Waals surface area contributed by atoms with Crippen LogP contribution in [0, 0.1) is 0 Å². The highest BCUT2D eigenvalue weighted by molar-refractivity contribution is 5.96. The zero-order valence-electron chi connectivity index (χ0n) is 19.6. The van der Waals surface area contributed by atoms with Crippen molar-refractivity contribution in [1.82, 2.24) is 4.90 Å². The summed E-state index contributed by atoms with van der Waals surface area (Å²) in [6.45, 7) is 2.77. The summed E-state index contributed by atoms with van der Waals surface area (Å²) < 4.78 is 10.4. The molecule has 0 aliphatic carbocycles. The lowest BCUT2D eigenvalue weighted by Gasteiger charge is -2.29. The maximum absolute atomic E-state index is 12.9. The number of hydrogen-bond donors (Lipinski definition) is 1. The Morgan fingerprint density at radius 3 is 2.30 bits per heavy atom. The van der Waals surface area contributed by atoms with E-state index in [1.165, 1.54) is 7.11 Å². The SMILES string of the molecule is COCC(=O)N1CCCCCCCN(Cc2ccc(OC)cc2)Cc2cc(C(=O)O)ccc21. The van der Waals surface area contributed by atoms with Crippen molar-refractivity contribution in [2.75, 3.05) is 38.8 Å². The normalized spacial score (nSPS) is 15.8. The van der Waals surface area contributed by atoms with Crippen LogP contribution in [-0.2, 0) is 22.6 Å². The van der Waals surface area contributed by atoms with Gasteiger partial charge >= 0.3 is 5.97 Å². The van der Waals surface area contributed by atoms with Crippen molar-refractivity contribution in [2.45, 2.75) is 45.2 Å². The van der Waals surface area contributed by atoms with Crippen molar-refractivity contribution in [3.05, 3.63) is 59.2 Å². The smallest absolute Gasteiger partial charge is 0.335 e. The summed E-state index contributed by atoms with van der Waals surface area (Å²) in [6, 6.07) is 13.1. The van der Waals surface area contributed by atoms with Gasteiger partial charge in [0.05, 0.1) is 12.7 Å². The number of ether oxygens (including phenoxy) is 2. The van der Waals surface area contributed by atoms with Crippen molar-refractivity contribution in [2.24, 2.45) is 0 Å². The first-order valence-electron chi connectivity index (χ1n) is 11.5. The second-order valence-electron chi connectivity index (χ2n) is 8.45.